The van der Waals surface area contributed by atoms with Crippen LogP contribution in [0.25, 0.3) is 11.0 Å². The number of quaternary nitrogens is 1. The second kappa shape index (κ2) is 6.71. The molecule has 0 amide bonds. The van der Waals surface area contributed by atoms with Crippen LogP contribution in [0.15, 0.2) is 23.1 Å². The van der Waals surface area contributed by atoms with Crippen molar-refractivity contribution in [1.82, 2.24) is 14.5 Å². The fraction of sp³-hybridized carbons (Fsp3) is 0.562. The Morgan fingerprint density at radius 1 is 1.45 bits per heavy atom. The van der Waals surface area contributed by atoms with Gasteiger partial charge in [-0.1, -0.05) is 6.92 Å². The molecule has 2 aromatic rings. The third-order valence-corrected chi connectivity index (χ3v) is 4.97. The molecule has 2 aromatic heterocycles. The van der Waals surface area contributed by atoms with Gasteiger partial charge in [-0.2, -0.15) is 0 Å². The summed E-state index contributed by atoms with van der Waals surface area (Å²) in [5, 5.41) is 0.607. The van der Waals surface area contributed by atoms with Gasteiger partial charge in [-0.25, -0.2) is 4.98 Å². The maximum atomic E-state index is 12.5. The zero-order chi connectivity index (χ0) is 15.5. The Kier molecular flexibility index (Phi) is 4.69. The molecule has 0 spiro atoms. The largest absolute Gasteiger partial charge is 0.335 e. The molecule has 2 N–H and O–H groups in total. The van der Waals surface area contributed by atoms with E-state index in [4.69, 9.17) is 12.2 Å². The van der Waals surface area contributed by atoms with Crippen molar-refractivity contribution < 1.29 is 4.90 Å². The van der Waals surface area contributed by atoms with Crippen LogP contribution in [-0.4, -0.2) is 34.2 Å². The summed E-state index contributed by atoms with van der Waals surface area (Å²) in [6.07, 6.45) is 5.28. The summed E-state index contributed by atoms with van der Waals surface area (Å²) >= 11 is 5.31. The van der Waals surface area contributed by atoms with E-state index in [1.54, 1.807) is 27.8 Å². The van der Waals surface area contributed by atoms with Gasteiger partial charge in [0.2, 0.25) is 0 Å². The predicted octanol–water partition coefficient (Wildman–Crippen LogP) is 1.16. The van der Waals surface area contributed by atoms with E-state index in [9.17, 15) is 4.79 Å². The molecule has 0 radical (unpaired) electrons. The Hall–Kier alpha value is -1.53. The SMILES string of the molecule is CC1CC[NH+](CCCn2c(=S)[nH]c3ncccc3c2=O)CC1. The van der Waals surface area contributed by atoms with Crippen LogP contribution in [0.2, 0.25) is 0 Å². The molecule has 0 aromatic carbocycles. The summed E-state index contributed by atoms with van der Waals surface area (Å²) in [6, 6.07) is 3.58. The predicted molar refractivity (Wildman–Crippen MR) is 89.8 cm³/mol. The van der Waals surface area contributed by atoms with E-state index >= 15 is 0 Å². The van der Waals surface area contributed by atoms with Crippen molar-refractivity contribution in [3.8, 4) is 0 Å². The second-order valence-electron chi connectivity index (χ2n) is 6.32. The summed E-state index contributed by atoms with van der Waals surface area (Å²) < 4.78 is 2.14. The van der Waals surface area contributed by atoms with Gasteiger partial charge in [0.15, 0.2) is 4.77 Å². The average molecular weight is 319 g/mol. The van der Waals surface area contributed by atoms with Crippen molar-refractivity contribution in [2.45, 2.75) is 32.7 Å². The molecule has 0 aliphatic carbocycles. The van der Waals surface area contributed by atoms with Crippen LogP contribution >= 0.6 is 12.2 Å². The van der Waals surface area contributed by atoms with Gasteiger partial charge in [0.25, 0.3) is 5.56 Å². The number of aromatic amines is 1. The standard InChI is InChI=1S/C16H22N4OS/c1-12-5-10-19(11-6-12)8-3-9-20-15(21)13-4-2-7-17-14(13)18-16(20)22/h2,4,7,12H,3,5-6,8-11H2,1H3,(H,17,18,22)/p+1. The van der Waals surface area contributed by atoms with E-state index in [-0.39, 0.29) is 5.56 Å². The molecule has 1 fully saturated rings. The van der Waals surface area contributed by atoms with Crippen molar-refractivity contribution >= 4 is 23.3 Å². The van der Waals surface area contributed by atoms with Crippen molar-refractivity contribution in [1.29, 1.82) is 0 Å². The van der Waals surface area contributed by atoms with Crippen molar-refractivity contribution in [3.63, 3.8) is 0 Å². The fourth-order valence-electron chi connectivity index (χ4n) is 3.19. The summed E-state index contributed by atoms with van der Waals surface area (Å²) in [6.45, 7) is 6.63. The molecule has 0 atom stereocenters. The maximum absolute atomic E-state index is 12.5. The maximum Gasteiger partial charge on any atom is 0.263 e. The van der Waals surface area contributed by atoms with Gasteiger partial charge in [-0.15, -0.1) is 0 Å². The number of aromatic nitrogens is 3. The number of nitrogens with zero attached hydrogens (tertiary/aromatic N) is 2. The number of fused-ring (bicyclic) bond motifs is 1. The first kappa shape index (κ1) is 15.4. The Bertz CT molecular complexity index is 759. The minimum absolute atomic E-state index is 0.0332. The molecule has 3 rings (SSSR count). The normalized spacial score (nSPS) is 22.0. The highest BCUT2D eigenvalue weighted by Gasteiger charge is 2.18. The molecule has 1 aliphatic rings. The van der Waals surface area contributed by atoms with E-state index in [2.05, 4.69) is 16.9 Å². The molecule has 0 saturated carbocycles. The van der Waals surface area contributed by atoms with Crippen molar-refractivity contribution in [3.05, 3.63) is 33.5 Å². The lowest BCUT2D eigenvalue weighted by atomic mass is 9.99. The van der Waals surface area contributed by atoms with Crippen LogP contribution in [0, 0.1) is 10.7 Å². The third kappa shape index (κ3) is 3.28. The quantitative estimate of drug-likeness (QED) is 0.832. The van der Waals surface area contributed by atoms with Crippen molar-refractivity contribution in [2.24, 2.45) is 5.92 Å². The summed E-state index contributed by atoms with van der Waals surface area (Å²) in [7, 11) is 0. The smallest absolute Gasteiger partial charge is 0.263 e. The van der Waals surface area contributed by atoms with Gasteiger partial charge in [-0.05, 0) is 43.1 Å². The minimum atomic E-state index is -0.0332. The molecule has 1 aliphatic heterocycles. The highest BCUT2D eigenvalue weighted by molar-refractivity contribution is 7.71. The Morgan fingerprint density at radius 2 is 2.23 bits per heavy atom. The molecule has 6 heteroatoms. The van der Waals surface area contributed by atoms with Crippen molar-refractivity contribution in [2.75, 3.05) is 19.6 Å². The lowest BCUT2D eigenvalue weighted by Gasteiger charge is -2.27. The number of hydrogen-bond acceptors (Lipinski definition) is 3. The fourth-order valence-corrected chi connectivity index (χ4v) is 3.47. The van der Waals surface area contributed by atoms with Gasteiger partial charge >= 0.3 is 0 Å². The average Bonchev–Trinajstić information content (AvgIpc) is 2.52. The Labute approximate surface area is 135 Å². The van der Waals surface area contributed by atoms with Crippen LogP contribution in [0.1, 0.15) is 26.2 Å². The molecule has 3 heterocycles. The topological polar surface area (TPSA) is 55.1 Å². The molecule has 5 nitrogen and oxygen atoms in total. The first-order chi connectivity index (χ1) is 10.6. The molecule has 0 bridgehead atoms. The molecule has 0 unspecified atom stereocenters. The highest BCUT2D eigenvalue weighted by atomic mass is 32.1. The number of likely N-dealkylation sites (tertiary alicyclic amines) is 1. The summed E-state index contributed by atoms with van der Waals surface area (Å²) in [5.74, 6) is 0.869. The van der Waals surface area contributed by atoms with Gasteiger partial charge < -0.3 is 9.88 Å². The molecule has 1 saturated heterocycles. The number of hydrogen-bond donors (Lipinski definition) is 2. The number of nitrogens with one attached hydrogen (secondary N) is 2. The van der Waals surface area contributed by atoms with Crippen LogP contribution < -0.4 is 10.5 Å². The van der Waals surface area contributed by atoms with Crippen LogP contribution in [0.3, 0.4) is 0 Å². The minimum Gasteiger partial charge on any atom is -0.335 e. The van der Waals surface area contributed by atoms with Gasteiger partial charge in [-0.3, -0.25) is 9.36 Å². The van der Waals surface area contributed by atoms with E-state index < -0.39 is 0 Å². The Balaban J connectivity index is 1.69. The van der Waals surface area contributed by atoms with E-state index in [1.807, 2.05) is 0 Å². The number of rotatable bonds is 4. The number of piperidine rings is 1. The van der Waals surface area contributed by atoms with Gasteiger partial charge in [0.1, 0.15) is 5.65 Å². The van der Waals surface area contributed by atoms with E-state index in [1.165, 1.54) is 25.9 Å². The monoisotopic (exact) mass is 319 g/mol. The van der Waals surface area contributed by atoms with Crippen LogP contribution in [0.4, 0.5) is 0 Å². The van der Waals surface area contributed by atoms with E-state index in [0.29, 0.717) is 22.3 Å². The highest BCUT2D eigenvalue weighted by Crippen LogP contribution is 2.07. The van der Waals surface area contributed by atoms with E-state index in [0.717, 1.165) is 18.9 Å². The zero-order valence-electron chi connectivity index (χ0n) is 13.0. The van der Waals surface area contributed by atoms with Crippen LogP contribution in [0.5, 0.6) is 0 Å². The summed E-state index contributed by atoms with van der Waals surface area (Å²) in [5.41, 5.74) is 0.540. The van der Waals surface area contributed by atoms with Gasteiger partial charge in [0.05, 0.1) is 25.0 Å². The van der Waals surface area contributed by atoms with Gasteiger partial charge in [0, 0.05) is 19.2 Å². The number of pyridine rings is 1. The summed E-state index contributed by atoms with van der Waals surface area (Å²) in [4.78, 5) is 21.4. The first-order valence-electron chi connectivity index (χ1n) is 8.06. The third-order valence-electron chi connectivity index (χ3n) is 4.65. The second-order valence-corrected chi connectivity index (χ2v) is 6.71. The zero-order valence-corrected chi connectivity index (χ0v) is 13.8. The molecular formula is C16H23N4OS+. The Morgan fingerprint density at radius 3 is 3.00 bits per heavy atom. The molecule has 22 heavy (non-hydrogen) atoms. The van der Waals surface area contributed by atoms with Crippen LogP contribution in [-0.2, 0) is 6.54 Å². The molecule has 118 valence electrons. The number of H-pyrrole nitrogens is 1. The lowest BCUT2D eigenvalue weighted by molar-refractivity contribution is -0.906. The lowest BCUT2D eigenvalue weighted by Crippen LogP contribution is -3.13. The first-order valence-corrected chi connectivity index (χ1v) is 8.47. The molecular weight excluding hydrogens is 296 g/mol.